The van der Waals surface area contributed by atoms with Crippen LogP contribution in [0.1, 0.15) is 39.3 Å². The minimum Gasteiger partial charge on any atom is -0.379 e. The van der Waals surface area contributed by atoms with Crippen molar-refractivity contribution in [2.45, 2.75) is 19.3 Å². The number of aromatic amines is 1. The van der Waals surface area contributed by atoms with E-state index in [4.69, 9.17) is 4.74 Å². The van der Waals surface area contributed by atoms with Crippen molar-refractivity contribution in [3.8, 4) is 0 Å². The van der Waals surface area contributed by atoms with E-state index in [1.54, 1.807) is 12.4 Å². The largest absolute Gasteiger partial charge is 0.379 e. The number of aryl methyl sites for hydroxylation is 1. The van der Waals surface area contributed by atoms with Crippen molar-refractivity contribution in [1.29, 1.82) is 0 Å². The topological polar surface area (TPSA) is 99.3 Å². The number of pyridine rings is 1. The second-order valence-corrected chi connectivity index (χ2v) is 7.10. The summed E-state index contributed by atoms with van der Waals surface area (Å²) in [6, 6.07) is 3.65. The zero-order valence-corrected chi connectivity index (χ0v) is 15.8. The van der Waals surface area contributed by atoms with Crippen LogP contribution < -0.4 is 10.6 Å². The number of H-pyrrole nitrogens is 1. The van der Waals surface area contributed by atoms with Crippen LogP contribution in [0.4, 0.5) is 11.5 Å². The average molecular weight is 383 g/mol. The molecule has 0 atom stereocenters. The number of nitrogens with one attached hydrogen (secondary N) is 3. The van der Waals surface area contributed by atoms with Crippen molar-refractivity contribution in [3.05, 3.63) is 41.3 Å². The lowest BCUT2D eigenvalue weighted by molar-refractivity contribution is 0.0398. The Morgan fingerprint density at radius 2 is 2.11 bits per heavy atom. The highest BCUT2D eigenvalue weighted by Gasteiger charge is 2.25. The number of rotatable bonds is 6. The molecule has 1 amide bonds. The normalized spacial score (nSPS) is 17.2. The first-order valence-electron chi connectivity index (χ1n) is 9.75. The number of nitrogens with zero attached hydrogens (tertiary/aromatic N) is 2. The Bertz CT molecular complexity index is 840. The number of anilines is 2. The lowest BCUT2D eigenvalue weighted by atomic mass is 9.93. The molecule has 0 saturated carbocycles. The first-order chi connectivity index (χ1) is 13.7. The van der Waals surface area contributed by atoms with Crippen LogP contribution >= 0.6 is 0 Å². The van der Waals surface area contributed by atoms with Gasteiger partial charge in [-0.15, -0.1) is 0 Å². The van der Waals surface area contributed by atoms with Crippen LogP contribution in [-0.4, -0.2) is 66.0 Å². The monoisotopic (exact) mass is 383 g/mol. The number of carbonyl (C=O) groups excluding carboxylic acids is 2. The zero-order valence-electron chi connectivity index (χ0n) is 15.8. The van der Waals surface area contributed by atoms with Crippen molar-refractivity contribution in [1.82, 2.24) is 14.9 Å². The highest BCUT2D eigenvalue weighted by molar-refractivity contribution is 6.13. The molecule has 1 aliphatic carbocycles. The Balaban J connectivity index is 1.31. The maximum absolute atomic E-state index is 12.6. The Morgan fingerprint density at radius 3 is 2.89 bits per heavy atom. The quantitative estimate of drug-likeness (QED) is 0.705. The van der Waals surface area contributed by atoms with Crippen LogP contribution in [0.2, 0.25) is 0 Å². The predicted molar refractivity (Wildman–Crippen MR) is 106 cm³/mol. The van der Waals surface area contributed by atoms with Gasteiger partial charge < -0.3 is 20.4 Å². The summed E-state index contributed by atoms with van der Waals surface area (Å²) >= 11 is 0. The molecule has 2 aromatic rings. The summed E-state index contributed by atoms with van der Waals surface area (Å²) < 4.78 is 5.34. The van der Waals surface area contributed by atoms with E-state index < -0.39 is 0 Å². The molecule has 2 aromatic heterocycles. The van der Waals surface area contributed by atoms with Gasteiger partial charge in [0.2, 0.25) is 0 Å². The predicted octanol–water partition coefficient (Wildman–Crippen LogP) is 1.93. The number of hydrogen-bond donors (Lipinski definition) is 3. The number of carbonyl (C=O) groups is 2. The molecular weight excluding hydrogens is 358 g/mol. The molecular formula is C20H25N5O3. The number of ether oxygens (including phenoxy) is 1. The molecule has 0 aromatic carbocycles. The van der Waals surface area contributed by atoms with Gasteiger partial charge in [-0.2, -0.15) is 0 Å². The number of aromatic nitrogens is 2. The van der Waals surface area contributed by atoms with Gasteiger partial charge in [-0.1, -0.05) is 0 Å². The van der Waals surface area contributed by atoms with Crippen molar-refractivity contribution < 1.29 is 14.3 Å². The molecule has 0 unspecified atom stereocenters. The van der Waals surface area contributed by atoms with Gasteiger partial charge in [-0.25, -0.2) is 4.98 Å². The van der Waals surface area contributed by atoms with Crippen LogP contribution in [-0.2, 0) is 11.2 Å². The minimum absolute atomic E-state index is 0.0330. The number of morpholine rings is 1. The van der Waals surface area contributed by atoms with Crippen LogP contribution in [0, 0.1) is 0 Å². The first kappa shape index (κ1) is 18.6. The SMILES string of the molecule is O=C(Nc1ccc(NCCN2CCOCC2)nc1)c1c[nH]c2c1C(=O)CCC2. The van der Waals surface area contributed by atoms with E-state index in [2.05, 4.69) is 25.5 Å². The zero-order chi connectivity index (χ0) is 19.3. The van der Waals surface area contributed by atoms with Gasteiger partial charge in [0.25, 0.3) is 5.91 Å². The number of fused-ring (bicyclic) bond motifs is 1. The Kier molecular flexibility index (Phi) is 5.68. The van der Waals surface area contributed by atoms with Gasteiger partial charge >= 0.3 is 0 Å². The van der Waals surface area contributed by atoms with Crippen molar-refractivity contribution >= 4 is 23.2 Å². The molecule has 3 N–H and O–H groups in total. The minimum atomic E-state index is -0.289. The summed E-state index contributed by atoms with van der Waals surface area (Å²) in [5.41, 5.74) is 2.41. The molecule has 28 heavy (non-hydrogen) atoms. The van der Waals surface area contributed by atoms with E-state index in [1.165, 1.54) is 0 Å². The third kappa shape index (κ3) is 4.23. The highest BCUT2D eigenvalue weighted by atomic mass is 16.5. The standard InChI is InChI=1S/C20H25N5O3/c26-17-3-1-2-16-19(17)15(13-22-16)20(27)24-14-4-5-18(23-12-14)21-6-7-25-8-10-28-11-9-25/h4-5,12-13,22H,1-3,6-11H2,(H,21,23)(H,24,27). The van der Waals surface area contributed by atoms with Crippen molar-refractivity contribution in [2.75, 3.05) is 50.0 Å². The van der Waals surface area contributed by atoms with Gasteiger partial charge in [0.05, 0.1) is 36.2 Å². The summed E-state index contributed by atoms with van der Waals surface area (Å²) in [6.07, 6.45) is 5.38. The van der Waals surface area contributed by atoms with Crippen LogP contribution in [0.15, 0.2) is 24.5 Å². The Labute approximate surface area is 163 Å². The van der Waals surface area contributed by atoms with Gasteiger partial charge in [0.1, 0.15) is 5.82 Å². The Hall–Kier alpha value is -2.71. The number of hydrogen-bond acceptors (Lipinski definition) is 6. The molecule has 0 bridgehead atoms. The average Bonchev–Trinajstić information content (AvgIpc) is 3.16. The fraction of sp³-hybridized carbons (Fsp3) is 0.450. The molecule has 4 rings (SSSR count). The molecule has 0 spiro atoms. The van der Waals surface area contributed by atoms with E-state index in [0.717, 1.165) is 63.7 Å². The third-order valence-corrected chi connectivity index (χ3v) is 5.18. The highest BCUT2D eigenvalue weighted by Crippen LogP contribution is 2.24. The van der Waals surface area contributed by atoms with Gasteiger partial charge in [0, 0.05) is 44.5 Å². The number of ketones is 1. The number of amides is 1. The summed E-state index contributed by atoms with van der Waals surface area (Å²) in [7, 11) is 0. The van der Waals surface area contributed by atoms with E-state index in [-0.39, 0.29) is 11.7 Å². The maximum atomic E-state index is 12.6. The fourth-order valence-electron chi connectivity index (χ4n) is 3.65. The molecule has 2 aliphatic rings. The van der Waals surface area contributed by atoms with E-state index in [9.17, 15) is 9.59 Å². The lowest BCUT2D eigenvalue weighted by Crippen LogP contribution is -2.39. The summed E-state index contributed by atoms with van der Waals surface area (Å²) in [6.45, 7) is 5.26. The maximum Gasteiger partial charge on any atom is 0.257 e. The van der Waals surface area contributed by atoms with Gasteiger partial charge in [0.15, 0.2) is 5.78 Å². The molecule has 1 saturated heterocycles. The molecule has 3 heterocycles. The van der Waals surface area contributed by atoms with Gasteiger partial charge in [-0.3, -0.25) is 14.5 Å². The number of Topliss-reactive ketones (excluding diaryl/α,β-unsaturated/α-hetero) is 1. The fourth-order valence-corrected chi connectivity index (χ4v) is 3.65. The van der Waals surface area contributed by atoms with E-state index >= 15 is 0 Å². The molecule has 148 valence electrons. The molecule has 0 radical (unpaired) electrons. The second kappa shape index (κ2) is 8.53. The summed E-state index contributed by atoms with van der Waals surface area (Å²) in [5.74, 6) is 0.508. The van der Waals surface area contributed by atoms with Crippen LogP contribution in [0.25, 0.3) is 0 Å². The van der Waals surface area contributed by atoms with E-state index in [1.807, 2.05) is 12.1 Å². The molecule has 8 heteroatoms. The smallest absolute Gasteiger partial charge is 0.257 e. The van der Waals surface area contributed by atoms with Gasteiger partial charge in [-0.05, 0) is 25.0 Å². The molecule has 1 fully saturated rings. The third-order valence-electron chi connectivity index (χ3n) is 5.18. The molecule has 1 aliphatic heterocycles. The lowest BCUT2D eigenvalue weighted by Gasteiger charge is -2.26. The molecule has 8 nitrogen and oxygen atoms in total. The van der Waals surface area contributed by atoms with Crippen LogP contribution in [0.5, 0.6) is 0 Å². The van der Waals surface area contributed by atoms with Crippen LogP contribution in [0.3, 0.4) is 0 Å². The van der Waals surface area contributed by atoms with Crippen molar-refractivity contribution in [3.63, 3.8) is 0 Å². The summed E-state index contributed by atoms with van der Waals surface area (Å²) in [5, 5.41) is 6.12. The first-order valence-corrected chi connectivity index (χ1v) is 9.75. The Morgan fingerprint density at radius 1 is 1.25 bits per heavy atom. The van der Waals surface area contributed by atoms with E-state index in [0.29, 0.717) is 23.2 Å². The second-order valence-electron chi connectivity index (χ2n) is 7.10. The van der Waals surface area contributed by atoms with Crippen molar-refractivity contribution in [2.24, 2.45) is 0 Å². The summed E-state index contributed by atoms with van der Waals surface area (Å²) in [4.78, 5) is 34.5.